The van der Waals surface area contributed by atoms with Crippen molar-refractivity contribution in [2.45, 2.75) is 18.6 Å². The molecule has 1 saturated heterocycles. The maximum atomic E-state index is 11.6. The van der Waals surface area contributed by atoms with Crippen molar-refractivity contribution >= 4 is 18.0 Å². The molecule has 0 spiro atoms. The Balaban J connectivity index is 2.36. The van der Waals surface area contributed by atoms with Gasteiger partial charge >= 0.3 is 18.0 Å². The average molecular weight is 303 g/mol. The number of carboxylic acid groups (broad SMARTS) is 1. The van der Waals surface area contributed by atoms with E-state index >= 15 is 0 Å². The summed E-state index contributed by atoms with van der Waals surface area (Å²) in [6, 6.07) is -1.99. The Hall–Kier alpha value is -1.87. The van der Waals surface area contributed by atoms with E-state index in [0.29, 0.717) is 13.2 Å². The van der Waals surface area contributed by atoms with Gasteiger partial charge in [0.1, 0.15) is 6.04 Å². The molecular formula is C12H21N3O6. The standard InChI is InChI=1S/C12H21N3O6/c1-15-3-4-21-8(7-15)6-13-12(19)14-9(11(17)18)5-10(16)20-2/h8-9H,3-7H2,1-2H3,(H,17,18)(H2,13,14,19)/t8?,9-/m0/s1. The van der Waals surface area contributed by atoms with Crippen molar-refractivity contribution < 1.29 is 29.0 Å². The van der Waals surface area contributed by atoms with Gasteiger partial charge in [-0.2, -0.15) is 0 Å². The number of morpholine rings is 1. The number of carbonyl (C=O) groups is 3. The molecule has 1 aliphatic heterocycles. The molecule has 0 saturated carbocycles. The first kappa shape index (κ1) is 17.2. The van der Waals surface area contributed by atoms with Gasteiger partial charge in [0.05, 0.1) is 26.2 Å². The molecular weight excluding hydrogens is 282 g/mol. The number of hydrogen-bond donors (Lipinski definition) is 3. The van der Waals surface area contributed by atoms with Crippen molar-refractivity contribution in [2.24, 2.45) is 0 Å². The van der Waals surface area contributed by atoms with E-state index in [1.165, 1.54) is 0 Å². The van der Waals surface area contributed by atoms with Crippen LogP contribution in [0.1, 0.15) is 6.42 Å². The fourth-order valence-electron chi connectivity index (χ4n) is 1.86. The van der Waals surface area contributed by atoms with Gasteiger partial charge in [-0.15, -0.1) is 0 Å². The largest absolute Gasteiger partial charge is 0.480 e. The van der Waals surface area contributed by atoms with Crippen LogP contribution < -0.4 is 10.6 Å². The highest BCUT2D eigenvalue weighted by Gasteiger charge is 2.24. The van der Waals surface area contributed by atoms with Crippen molar-refractivity contribution in [3.8, 4) is 0 Å². The Morgan fingerprint density at radius 3 is 2.76 bits per heavy atom. The van der Waals surface area contributed by atoms with Crippen molar-refractivity contribution in [2.75, 3.05) is 40.4 Å². The summed E-state index contributed by atoms with van der Waals surface area (Å²) in [5.41, 5.74) is 0. The number of methoxy groups -OCH3 is 1. The van der Waals surface area contributed by atoms with E-state index in [1.807, 2.05) is 7.05 Å². The number of esters is 1. The SMILES string of the molecule is COC(=O)C[C@H](NC(=O)NCC1CN(C)CCO1)C(=O)O. The molecule has 0 radical (unpaired) electrons. The van der Waals surface area contributed by atoms with E-state index < -0.39 is 30.4 Å². The number of rotatable bonds is 6. The van der Waals surface area contributed by atoms with E-state index in [2.05, 4.69) is 20.3 Å². The van der Waals surface area contributed by atoms with Gasteiger partial charge in [-0.25, -0.2) is 9.59 Å². The summed E-state index contributed by atoms with van der Waals surface area (Å²) in [4.78, 5) is 35.7. The monoisotopic (exact) mass is 303 g/mol. The fraction of sp³-hybridized carbons (Fsp3) is 0.750. The molecule has 21 heavy (non-hydrogen) atoms. The molecule has 0 bridgehead atoms. The van der Waals surface area contributed by atoms with Gasteiger partial charge in [0.2, 0.25) is 0 Å². The molecule has 1 aliphatic rings. The van der Waals surface area contributed by atoms with Crippen LogP contribution in [-0.4, -0.2) is 80.5 Å². The first-order valence-corrected chi connectivity index (χ1v) is 6.56. The number of ether oxygens (including phenoxy) is 2. The number of likely N-dealkylation sites (N-methyl/N-ethyl adjacent to an activating group) is 1. The molecule has 2 amide bonds. The van der Waals surface area contributed by atoms with Crippen molar-refractivity contribution in [1.29, 1.82) is 0 Å². The number of nitrogens with zero attached hydrogens (tertiary/aromatic N) is 1. The number of carbonyl (C=O) groups excluding carboxylic acids is 2. The quantitative estimate of drug-likeness (QED) is 0.518. The van der Waals surface area contributed by atoms with Crippen LogP contribution >= 0.6 is 0 Å². The van der Waals surface area contributed by atoms with Crippen LogP contribution in [0.3, 0.4) is 0 Å². The summed E-state index contributed by atoms with van der Waals surface area (Å²) in [6.07, 6.45) is -0.569. The fourth-order valence-corrected chi connectivity index (χ4v) is 1.86. The number of aliphatic carboxylic acids is 1. The normalized spacial score (nSPS) is 20.4. The summed E-state index contributed by atoms with van der Waals surface area (Å²) < 4.78 is 9.84. The molecule has 120 valence electrons. The second-order valence-corrected chi connectivity index (χ2v) is 4.78. The molecule has 2 atom stereocenters. The maximum Gasteiger partial charge on any atom is 0.326 e. The Bertz CT molecular complexity index is 389. The van der Waals surface area contributed by atoms with Crippen LogP contribution in [0.15, 0.2) is 0 Å². The number of carboxylic acids is 1. The zero-order valence-corrected chi connectivity index (χ0v) is 12.1. The van der Waals surface area contributed by atoms with Gasteiger partial charge < -0.3 is 30.1 Å². The van der Waals surface area contributed by atoms with Crippen molar-refractivity contribution in [3.63, 3.8) is 0 Å². The number of nitrogens with one attached hydrogen (secondary N) is 2. The van der Waals surface area contributed by atoms with E-state index in [4.69, 9.17) is 9.84 Å². The van der Waals surface area contributed by atoms with E-state index in [-0.39, 0.29) is 12.6 Å². The minimum atomic E-state index is -1.33. The highest BCUT2D eigenvalue weighted by molar-refractivity contribution is 5.86. The van der Waals surface area contributed by atoms with Crippen LogP contribution in [0.5, 0.6) is 0 Å². The minimum absolute atomic E-state index is 0.140. The minimum Gasteiger partial charge on any atom is -0.480 e. The Kier molecular flexibility index (Phi) is 6.89. The smallest absolute Gasteiger partial charge is 0.326 e. The van der Waals surface area contributed by atoms with Crippen LogP contribution in [0.25, 0.3) is 0 Å². The molecule has 3 N–H and O–H groups in total. The molecule has 0 aliphatic carbocycles. The van der Waals surface area contributed by atoms with E-state index in [0.717, 1.165) is 13.7 Å². The van der Waals surface area contributed by atoms with E-state index in [9.17, 15) is 14.4 Å². The Labute approximate surface area is 122 Å². The number of hydrogen-bond acceptors (Lipinski definition) is 6. The molecule has 9 nitrogen and oxygen atoms in total. The first-order chi connectivity index (χ1) is 9.92. The topological polar surface area (TPSA) is 117 Å². The highest BCUT2D eigenvalue weighted by Crippen LogP contribution is 2.01. The maximum absolute atomic E-state index is 11.6. The third-order valence-electron chi connectivity index (χ3n) is 3.03. The zero-order valence-electron chi connectivity index (χ0n) is 12.1. The van der Waals surface area contributed by atoms with Crippen LogP contribution in [0.2, 0.25) is 0 Å². The van der Waals surface area contributed by atoms with Crippen molar-refractivity contribution in [1.82, 2.24) is 15.5 Å². The van der Waals surface area contributed by atoms with Gasteiger partial charge in [-0.05, 0) is 7.05 Å². The van der Waals surface area contributed by atoms with Gasteiger partial charge in [0.25, 0.3) is 0 Å². The average Bonchev–Trinajstić information content (AvgIpc) is 2.44. The van der Waals surface area contributed by atoms with Crippen LogP contribution in [0, 0.1) is 0 Å². The molecule has 1 heterocycles. The molecule has 1 fully saturated rings. The first-order valence-electron chi connectivity index (χ1n) is 6.56. The zero-order chi connectivity index (χ0) is 15.8. The lowest BCUT2D eigenvalue weighted by Gasteiger charge is -2.30. The van der Waals surface area contributed by atoms with Gasteiger partial charge in [0.15, 0.2) is 0 Å². The second-order valence-electron chi connectivity index (χ2n) is 4.78. The highest BCUT2D eigenvalue weighted by atomic mass is 16.5. The molecule has 1 unspecified atom stereocenters. The van der Waals surface area contributed by atoms with Crippen LogP contribution in [-0.2, 0) is 19.1 Å². The summed E-state index contributed by atoms with van der Waals surface area (Å²) in [7, 11) is 3.10. The molecule has 1 rings (SSSR count). The third kappa shape index (κ3) is 6.41. The van der Waals surface area contributed by atoms with Crippen LogP contribution in [0.4, 0.5) is 4.79 Å². The molecule has 0 aromatic heterocycles. The molecule has 9 heteroatoms. The molecule has 0 aromatic rings. The Morgan fingerprint density at radius 1 is 1.48 bits per heavy atom. The van der Waals surface area contributed by atoms with Gasteiger partial charge in [-0.3, -0.25) is 4.79 Å². The predicted molar refractivity (Wildman–Crippen MR) is 71.8 cm³/mol. The second kappa shape index (κ2) is 8.42. The lowest BCUT2D eigenvalue weighted by atomic mass is 10.2. The van der Waals surface area contributed by atoms with Gasteiger partial charge in [-0.1, -0.05) is 0 Å². The molecule has 0 aromatic carbocycles. The third-order valence-corrected chi connectivity index (χ3v) is 3.03. The number of amides is 2. The van der Waals surface area contributed by atoms with Gasteiger partial charge in [0, 0.05) is 19.6 Å². The van der Waals surface area contributed by atoms with Crippen molar-refractivity contribution in [3.05, 3.63) is 0 Å². The Morgan fingerprint density at radius 2 is 2.19 bits per heavy atom. The predicted octanol–water partition coefficient (Wildman–Crippen LogP) is -1.37. The lowest BCUT2D eigenvalue weighted by molar-refractivity contribution is -0.147. The van der Waals surface area contributed by atoms with E-state index in [1.54, 1.807) is 0 Å². The summed E-state index contributed by atoms with van der Waals surface area (Å²) in [5, 5.41) is 13.7. The summed E-state index contributed by atoms with van der Waals surface area (Å²) in [5.74, 6) is -2.01. The lowest BCUT2D eigenvalue weighted by Crippen LogP contribution is -2.51. The summed E-state index contributed by atoms with van der Waals surface area (Å²) >= 11 is 0. The number of urea groups is 1. The summed E-state index contributed by atoms with van der Waals surface area (Å²) in [6.45, 7) is 2.37.